The molecule has 0 aliphatic heterocycles. The Morgan fingerprint density at radius 3 is 2.66 bits per heavy atom. The van der Waals surface area contributed by atoms with Crippen molar-refractivity contribution in [1.82, 2.24) is 15.6 Å². The highest BCUT2D eigenvalue weighted by Crippen LogP contribution is 2.38. The molecule has 3 N–H and O–H groups in total. The van der Waals surface area contributed by atoms with Gasteiger partial charge in [-0.05, 0) is 69.4 Å². The minimum atomic E-state index is -0.577. The number of hydrogen-bond acceptors (Lipinski definition) is 7. The molecule has 0 spiro atoms. The summed E-state index contributed by atoms with van der Waals surface area (Å²) >= 11 is 5.77. The third kappa shape index (κ3) is 7.46. The van der Waals surface area contributed by atoms with Crippen LogP contribution < -0.4 is 15.4 Å². The van der Waals surface area contributed by atoms with E-state index >= 15 is 0 Å². The van der Waals surface area contributed by atoms with Gasteiger partial charge in [0.1, 0.15) is 25.1 Å². The summed E-state index contributed by atoms with van der Waals surface area (Å²) in [4.78, 5) is 10.9. The number of rotatable bonds is 10. The summed E-state index contributed by atoms with van der Waals surface area (Å²) in [5, 5.41) is 21.2. The van der Waals surface area contributed by atoms with Gasteiger partial charge in [-0.1, -0.05) is 42.0 Å². The Labute approximate surface area is 214 Å². The number of benzene rings is 1. The lowest BCUT2D eigenvalue weighted by Gasteiger charge is -2.38. The van der Waals surface area contributed by atoms with Crippen LogP contribution in [0.4, 0.5) is 0 Å². The molecular formula is C27H38N4O3S. The van der Waals surface area contributed by atoms with Gasteiger partial charge in [0.2, 0.25) is 0 Å². The zero-order chi connectivity index (χ0) is 25.3. The number of pyridine rings is 1. The van der Waals surface area contributed by atoms with Crippen LogP contribution in [0, 0.1) is 0 Å². The van der Waals surface area contributed by atoms with E-state index in [1.54, 1.807) is 6.20 Å². The molecular weight excluding hydrogens is 460 g/mol. The Bertz CT molecular complexity index is 976. The number of oxime groups is 1. The fraction of sp³-hybridized carbons (Fsp3) is 0.519. The Morgan fingerprint density at radius 2 is 2.00 bits per heavy atom. The maximum atomic E-state index is 10.1. The summed E-state index contributed by atoms with van der Waals surface area (Å²) in [7, 11) is 1.86. The van der Waals surface area contributed by atoms with Crippen molar-refractivity contribution >= 4 is 22.9 Å². The molecule has 1 fully saturated rings. The molecule has 2 aromatic rings. The second-order valence-corrected chi connectivity index (χ2v) is 10.4. The number of likely N-dealkylation sites (N-methyl/N-ethyl adjacent to an activating group) is 1. The monoisotopic (exact) mass is 498 g/mol. The van der Waals surface area contributed by atoms with E-state index in [2.05, 4.69) is 47.6 Å². The second kappa shape index (κ2) is 12.4. The van der Waals surface area contributed by atoms with Crippen molar-refractivity contribution < 1.29 is 14.7 Å². The van der Waals surface area contributed by atoms with E-state index < -0.39 is 11.5 Å². The lowest BCUT2D eigenvalue weighted by Crippen LogP contribution is -2.50. The average Bonchev–Trinajstić information content (AvgIpc) is 2.87. The van der Waals surface area contributed by atoms with Crippen molar-refractivity contribution in [3.8, 4) is 5.75 Å². The first-order valence-corrected chi connectivity index (χ1v) is 12.6. The number of aromatic nitrogens is 1. The molecule has 190 valence electrons. The van der Waals surface area contributed by atoms with E-state index in [0.29, 0.717) is 18.9 Å². The maximum Gasteiger partial charge on any atom is 0.142 e. The Hall–Kier alpha value is -2.55. The molecule has 7 nitrogen and oxygen atoms in total. The summed E-state index contributed by atoms with van der Waals surface area (Å²) in [6, 6.07) is 11.7. The molecule has 1 aliphatic carbocycles. The average molecular weight is 499 g/mol. The van der Waals surface area contributed by atoms with Gasteiger partial charge < -0.3 is 25.3 Å². The highest BCUT2D eigenvalue weighted by atomic mass is 32.1. The molecule has 0 saturated heterocycles. The van der Waals surface area contributed by atoms with Crippen molar-refractivity contribution in [3.05, 3.63) is 59.9 Å². The largest absolute Gasteiger partial charge is 0.491 e. The number of ether oxygens (including phenoxy) is 1. The van der Waals surface area contributed by atoms with Gasteiger partial charge in [0, 0.05) is 31.5 Å². The second-order valence-electron chi connectivity index (χ2n) is 9.98. The van der Waals surface area contributed by atoms with Gasteiger partial charge in [-0.15, -0.1) is 0 Å². The molecule has 35 heavy (non-hydrogen) atoms. The van der Waals surface area contributed by atoms with Crippen molar-refractivity contribution in [3.63, 3.8) is 0 Å². The number of β-amino-alcohol motifs (C(OH)–C–C–N with tert-alkyl or cyclic N) is 1. The topological polar surface area (TPSA) is 88.0 Å². The van der Waals surface area contributed by atoms with Gasteiger partial charge in [0.15, 0.2) is 0 Å². The number of nitrogens with one attached hydrogen (secondary N) is 2. The molecule has 2 atom stereocenters. The van der Waals surface area contributed by atoms with Gasteiger partial charge in [-0.2, -0.15) is 0 Å². The lowest BCUT2D eigenvalue weighted by atomic mass is 9.68. The van der Waals surface area contributed by atoms with Crippen LogP contribution in [-0.4, -0.2) is 52.6 Å². The van der Waals surface area contributed by atoms with Crippen molar-refractivity contribution in [2.75, 3.05) is 20.2 Å². The summed E-state index contributed by atoms with van der Waals surface area (Å²) in [5.41, 5.74) is 2.43. The quantitative estimate of drug-likeness (QED) is 0.335. The van der Waals surface area contributed by atoms with Crippen LogP contribution in [0.2, 0.25) is 0 Å². The summed E-state index contributed by atoms with van der Waals surface area (Å²) < 4.78 is 5.72. The van der Waals surface area contributed by atoms with E-state index in [1.165, 1.54) is 0 Å². The zero-order valence-electron chi connectivity index (χ0n) is 21.2. The SMILES string of the molecule is CNC(=S)C1(c2cccnc2)CCCC/C1=N/OCc1ccc(OCC(O)CNC(C)(C)C)cc1. The van der Waals surface area contributed by atoms with Crippen molar-refractivity contribution in [1.29, 1.82) is 0 Å². The van der Waals surface area contributed by atoms with Crippen LogP contribution in [0.3, 0.4) is 0 Å². The van der Waals surface area contributed by atoms with Gasteiger partial charge >= 0.3 is 0 Å². The molecule has 0 radical (unpaired) electrons. The summed E-state index contributed by atoms with van der Waals surface area (Å²) in [5.74, 6) is 0.706. The van der Waals surface area contributed by atoms with Crippen LogP contribution in [0.1, 0.15) is 57.6 Å². The number of aliphatic hydroxyl groups excluding tert-OH is 1. The fourth-order valence-electron chi connectivity index (χ4n) is 4.22. The number of aliphatic hydroxyl groups is 1. The molecule has 1 saturated carbocycles. The predicted molar refractivity (Wildman–Crippen MR) is 144 cm³/mol. The van der Waals surface area contributed by atoms with Gasteiger partial charge in [-0.25, -0.2) is 0 Å². The molecule has 1 aromatic carbocycles. The molecule has 8 heteroatoms. The Morgan fingerprint density at radius 1 is 1.23 bits per heavy atom. The molecule has 0 bridgehead atoms. The van der Waals surface area contributed by atoms with E-state index in [0.717, 1.165) is 47.5 Å². The number of nitrogens with zero attached hydrogens (tertiary/aromatic N) is 2. The molecule has 1 aromatic heterocycles. The normalized spacial score (nSPS) is 20.3. The van der Waals surface area contributed by atoms with Crippen LogP contribution in [0.25, 0.3) is 0 Å². The van der Waals surface area contributed by atoms with E-state index in [9.17, 15) is 5.11 Å². The van der Waals surface area contributed by atoms with E-state index in [-0.39, 0.29) is 12.1 Å². The van der Waals surface area contributed by atoms with E-state index in [1.807, 2.05) is 43.6 Å². The molecule has 3 rings (SSSR count). The van der Waals surface area contributed by atoms with Crippen molar-refractivity contribution in [2.45, 2.75) is 70.1 Å². The van der Waals surface area contributed by atoms with Crippen LogP contribution >= 0.6 is 12.2 Å². The Balaban J connectivity index is 1.61. The molecule has 2 unspecified atom stereocenters. The highest BCUT2D eigenvalue weighted by molar-refractivity contribution is 7.80. The first-order valence-electron chi connectivity index (χ1n) is 12.2. The minimum absolute atomic E-state index is 0.0425. The molecule has 1 aliphatic rings. The third-order valence-corrected chi connectivity index (χ3v) is 6.67. The predicted octanol–water partition coefficient (Wildman–Crippen LogP) is 4.14. The number of thiocarbonyl (C=S) groups is 1. The van der Waals surface area contributed by atoms with Crippen molar-refractivity contribution in [2.24, 2.45) is 5.16 Å². The minimum Gasteiger partial charge on any atom is -0.491 e. The highest BCUT2D eigenvalue weighted by Gasteiger charge is 2.44. The summed E-state index contributed by atoms with van der Waals surface area (Å²) in [6.07, 6.45) is 6.90. The molecule has 1 heterocycles. The van der Waals surface area contributed by atoms with Gasteiger partial charge in [0.25, 0.3) is 0 Å². The maximum absolute atomic E-state index is 10.1. The smallest absolute Gasteiger partial charge is 0.142 e. The number of hydrogen-bond donors (Lipinski definition) is 3. The van der Waals surface area contributed by atoms with Gasteiger partial charge in [0.05, 0.1) is 16.1 Å². The Kier molecular flexibility index (Phi) is 9.60. The summed E-state index contributed by atoms with van der Waals surface area (Å²) in [6.45, 7) is 7.25. The zero-order valence-corrected chi connectivity index (χ0v) is 22.0. The fourth-order valence-corrected chi connectivity index (χ4v) is 4.56. The first kappa shape index (κ1) is 27.0. The standard InChI is InChI=1S/C27H38N4O3S/c1-26(2,3)30-17-22(32)19-33-23-12-10-20(11-13-23)18-34-31-24-9-5-6-14-27(24,25(35)28-4)21-8-7-15-29-16-21/h7-8,10-13,15-16,22,30,32H,5-6,9,14,17-19H2,1-4H3,(H,28,35)/b31-24-. The first-order chi connectivity index (χ1) is 16.7. The lowest BCUT2D eigenvalue weighted by molar-refractivity contribution is 0.0999. The van der Waals surface area contributed by atoms with Gasteiger partial charge in [-0.3, -0.25) is 4.98 Å². The van der Waals surface area contributed by atoms with Crippen LogP contribution in [0.15, 0.2) is 53.9 Å². The third-order valence-electron chi connectivity index (χ3n) is 6.12. The van der Waals surface area contributed by atoms with Crippen LogP contribution in [0.5, 0.6) is 5.75 Å². The van der Waals surface area contributed by atoms with Crippen LogP contribution in [-0.2, 0) is 16.9 Å². The van der Waals surface area contributed by atoms with E-state index in [4.69, 9.17) is 21.8 Å². The molecule has 0 amide bonds.